The molecule has 1 saturated heterocycles. The molecule has 1 fully saturated rings. The van der Waals surface area contributed by atoms with Crippen molar-refractivity contribution in [3.05, 3.63) is 30.3 Å². The van der Waals surface area contributed by atoms with Crippen LogP contribution in [-0.2, 0) is 7.05 Å². The van der Waals surface area contributed by atoms with Crippen LogP contribution in [0.4, 0.5) is 10.1 Å². The fourth-order valence-electron chi connectivity index (χ4n) is 4.37. The van der Waals surface area contributed by atoms with E-state index in [0.717, 1.165) is 18.8 Å². The number of pyridine rings is 1. The molecule has 1 aliphatic heterocycles. The number of anilines is 1. The third-order valence-electron chi connectivity index (χ3n) is 5.69. The van der Waals surface area contributed by atoms with Crippen LogP contribution >= 0.6 is 0 Å². The van der Waals surface area contributed by atoms with Crippen LogP contribution in [0.3, 0.4) is 0 Å². The van der Waals surface area contributed by atoms with Gasteiger partial charge in [-0.2, -0.15) is 10.1 Å². The molecular weight excluding hydrogens is 413 g/mol. The third-order valence-corrected chi connectivity index (χ3v) is 5.69. The molecule has 4 heterocycles. The van der Waals surface area contributed by atoms with Gasteiger partial charge in [0.05, 0.1) is 29.9 Å². The van der Waals surface area contributed by atoms with Gasteiger partial charge < -0.3 is 20.1 Å². The average molecular weight is 437 g/mol. The van der Waals surface area contributed by atoms with Crippen molar-refractivity contribution in [3.63, 3.8) is 0 Å². The minimum Gasteiger partial charge on any atom is -0.504 e. The fourth-order valence-corrected chi connectivity index (χ4v) is 4.37. The van der Waals surface area contributed by atoms with Gasteiger partial charge in [-0.05, 0) is 26.0 Å². The van der Waals surface area contributed by atoms with E-state index >= 15 is 0 Å². The van der Waals surface area contributed by atoms with Crippen molar-refractivity contribution in [3.8, 4) is 23.0 Å². The van der Waals surface area contributed by atoms with Crippen LogP contribution in [0.25, 0.3) is 33.3 Å². The molecule has 5 rings (SSSR count). The number of rotatable bonds is 3. The number of nitrogens with zero attached hydrogens (tertiary/aromatic N) is 6. The first kappa shape index (κ1) is 20.4. The van der Waals surface area contributed by atoms with Crippen LogP contribution in [-0.4, -0.2) is 62.1 Å². The Balaban J connectivity index is 1.62. The molecule has 0 aliphatic carbocycles. The molecule has 4 aromatic rings. The highest BCUT2D eigenvalue weighted by molar-refractivity contribution is 5.90. The van der Waals surface area contributed by atoms with Crippen LogP contribution in [0.2, 0.25) is 0 Å². The van der Waals surface area contributed by atoms with Gasteiger partial charge in [-0.1, -0.05) is 0 Å². The molecule has 3 aromatic heterocycles. The number of halogens is 1. The summed E-state index contributed by atoms with van der Waals surface area (Å²) in [5.74, 6) is -0.938. The molecule has 0 bridgehead atoms. The van der Waals surface area contributed by atoms with Crippen molar-refractivity contribution in [1.82, 2.24) is 30.0 Å². The maximum atomic E-state index is 14.7. The van der Waals surface area contributed by atoms with E-state index in [9.17, 15) is 9.50 Å². The normalized spacial score (nSPS) is 19.1. The molecule has 9 nitrogen and oxygen atoms in total. The molecule has 2 atom stereocenters. The minimum absolute atomic E-state index is 0.0868. The summed E-state index contributed by atoms with van der Waals surface area (Å²) in [6, 6.07) is 4.28. The molecule has 1 aromatic carbocycles. The monoisotopic (exact) mass is 437 g/mol. The number of nitrogens with one attached hydrogen (secondary N) is 1. The molecule has 0 unspecified atom stereocenters. The summed E-state index contributed by atoms with van der Waals surface area (Å²) in [6.07, 6.45) is 3.44. The number of methoxy groups -OCH3 is 1. The summed E-state index contributed by atoms with van der Waals surface area (Å²) >= 11 is 0. The van der Waals surface area contributed by atoms with Gasteiger partial charge in [0.25, 0.3) is 0 Å². The maximum Gasteiger partial charge on any atom is 0.226 e. The van der Waals surface area contributed by atoms with Gasteiger partial charge in [0, 0.05) is 43.8 Å². The summed E-state index contributed by atoms with van der Waals surface area (Å²) in [5.41, 5.74) is 1.60. The topological polar surface area (TPSA) is 101 Å². The Kier molecular flexibility index (Phi) is 4.81. The molecule has 0 spiro atoms. The van der Waals surface area contributed by atoms with Gasteiger partial charge in [0.2, 0.25) is 5.88 Å². The zero-order valence-corrected chi connectivity index (χ0v) is 18.3. The van der Waals surface area contributed by atoms with Gasteiger partial charge in [-0.15, -0.1) is 0 Å². The standard InChI is InChI=1S/C22H24FN7O2/c1-11-8-30(9-12(2)25-11)14-6-16-20(24-7-14)26-21(27-22(16)32-4)15-5-13-10-29(3)28-18(13)17(23)19(15)31/h5-7,10-12,25,31H,8-9H2,1-4H3/t11-,12+. The van der Waals surface area contributed by atoms with Crippen molar-refractivity contribution in [2.75, 3.05) is 25.1 Å². The van der Waals surface area contributed by atoms with Gasteiger partial charge >= 0.3 is 0 Å². The Labute approximate surface area is 183 Å². The van der Waals surface area contributed by atoms with E-state index in [2.05, 4.69) is 44.1 Å². The predicted octanol–water partition coefficient (Wildman–Crippen LogP) is 2.62. The van der Waals surface area contributed by atoms with E-state index in [-0.39, 0.29) is 16.9 Å². The van der Waals surface area contributed by atoms with Gasteiger partial charge in [-0.25, -0.2) is 14.4 Å². The SMILES string of the molecule is COc1nc(-c2cc3cn(C)nc3c(F)c2O)nc2ncc(N3C[C@@H](C)N[C@@H](C)C3)cc12. The molecule has 0 amide bonds. The Morgan fingerprint density at radius 3 is 2.66 bits per heavy atom. The first-order valence-electron chi connectivity index (χ1n) is 10.4. The number of hydrogen-bond donors (Lipinski definition) is 2. The maximum absolute atomic E-state index is 14.7. The highest BCUT2D eigenvalue weighted by atomic mass is 19.1. The van der Waals surface area contributed by atoms with Crippen LogP contribution < -0.4 is 15.0 Å². The first-order valence-corrected chi connectivity index (χ1v) is 10.4. The van der Waals surface area contributed by atoms with E-state index in [1.807, 2.05) is 6.07 Å². The smallest absolute Gasteiger partial charge is 0.226 e. The summed E-state index contributed by atoms with van der Waals surface area (Å²) in [5, 5.41) is 19.2. The van der Waals surface area contributed by atoms with Crippen molar-refractivity contribution in [2.24, 2.45) is 7.05 Å². The van der Waals surface area contributed by atoms with E-state index in [1.54, 1.807) is 25.5 Å². The van der Waals surface area contributed by atoms with E-state index in [0.29, 0.717) is 34.4 Å². The van der Waals surface area contributed by atoms with E-state index in [1.165, 1.54) is 11.8 Å². The molecule has 0 radical (unpaired) electrons. The number of aryl methyl sites for hydroxylation is 1. The summed E-state index contributed by atoms with van der Waals surface area (Å²) in [7, 11) is 3.20. The average Bonchev–Trinajstić information content (AvgIpc) is 3.15. The second-order valence-electron chi connectivity index (χ2n) is 8.32. The Bertz CT molecular complexity index is 1330. The summed E-state index contributed by atoms with van der Waals surface area (Å²) in [6.45, 7) is 6.02. The number of benzene rings is 1. The highest BCUT2D eigenvalue weighted by Crippen LogP contribution is 2.36. The second kappa shape index (κ2) is 7.56. The first-order chi connectivity index (χ1) is 15.3. The Hall–Kier alpha value is -3.53. The predicted molar refractivity (Wildman–Crippen MR) is 119 cm³/mol. The van der Waals surface area contributed by atoms with Crippen LogP contribution in [0.1, 0.15) is 13.8 Å². The molecule has 166 valence electrons. The number of aromatic hydroxyl groups is 1. The van der Waals surface area contributed by atoms with Gasteiger partial charge in [0.1, 0.15) is 5.52 Å². The van der Waals surface area contributed by atoms with Crippen molar-refractivity contribution >= 4 is 27.6 Å². The fraction of sp³-hybridized carbons (Fsp3) is 0.364. The molecular formula is C22H24FN7O2. The largest absolute Gasteiger partial charge is 0.504 e. The van der Waals surface area contributed by atoms with Gasteiger partial charge in [-0.3, -0.25) is 4.68 Å². The number of piperazine rings is 1. The van der Waals surface area contributed by atoms with Crippen molar-refractivity contribution in [2.45, 2.75) is 25.9 Å². The lowest BCUT2D eigenvalue weighted by molar-refractivity contribution is 0.402. The van der Waals surface area contributed by atoms with Crippen LogP contribution in [0.15, 0.2) is 24.5 Å². The summed E-state index contributed by atoms with van der Waals surface area (Å²) < 4.78 is 21.7. The number of aromatic nitrogens is 5. The quantitative estimate of drug-likeness (QED) is 0.505. The molecule has 1 aliphatic rings. The number of fused-ring (bicyclic) bond motifs is 2. The van der Waals surface area contributed by atoms with Crippen LogP contribution in [0, 0.1) is 5.82 Å². The Morgan fingerprint density at radius 1 is 1.19 bits per heavy atom. The highest BCUT2D eigenvalue weighted by Gasteiger charge is 2.24. The zero-order chi connectivity index (χ0) is 22.6. The van der Waals surface area contributed by atoms with Crippen molar-refractivity contribution in [1.29, 1.82) is 0 Å². The van der Waals surface area contributed by atoms with Crippen LogP contribution in [0.5, 0.6) is 11.6 Å². The number of phenols is 1. The lowest BCUT2D eigenvalue weighted by Crippen LogP contribution is -2.54. The minimum atomic E-state index is -0.814. The lowest BCUT2D eigenvalue weighted by Gasteiger charge is -2.37. The number of phenolic OH excluding ortho intramolecular Hbond substituents is 1. The van der Waals surface area contributed by atoms with E-state index < -0.39 is 11.6 Å². The molecule has 32 heavy (non-hydrogen) atoms. The number of hydrogen-bond acceptors (Lipinski definition) is 8. The second-order valence-corrected chi connectivity index (χ2v) is 8.32. The van der Waals surface area contributed by atoms with Gasteiger partial charge in [0.15, 0.2) is 23.0 Å². The Morgan fingerprint density at radius 2 is 1.94 bits per heavy atom. The summed E-state index contributed by atoms with van der Waals surface area (Å²) in [4.78, 5) is 15.8. The third kappa shape index (κ3) is 3.36. The molecule has 0 saturated carbocycles. The number of ether oxygens (including phenoxy) is 1. The van der Waals surface area contributed by atoms with E-state index in [4.69, 9.17) is 4.74 Å². The molecule has 10 heteroatoms. The zero-order valence-electron chi connectivity index (χ0n) is 18.3. The molecule has 2 N–H and O–H groups in total. The van der Waals surface area contributed by atoms with Crippen molar-refractivity contribution < 1.29 is 14.2 Å². The lowest BCUT2D eigenvalue weighted by atomic mass is 10.1.